The van der Waals surface area contributed by atoms with Crippen LogP contribution in [0.4, 0.5) is 11.4 Å². The third-order valence-corrected chi connectivity index (χ3v) is 5.18. The number of hydrogen-bond donors (Lipinski definition) is 2. The fraction of sp³-hybridized carbons (Fsp3) is 0.316. The number of anilines is 2. The highest BCUT2D eigenvalue weighted by molar-refractivity contribution is 7.10. The Labute approximate surface area is 156 Å². The van der Waals surface area contributed by atoms with E-state index in [2.05, 4.69) is 10.6 Å². The summed E-state index contributed by atoms with van der Waals surface area (Å²) in [6.07, 6.45) is 1.48. The topological polar surface area (TPSA) is 78.5 Å². The van der Waals surface area contributed by atoms with Gasteiger partial charge in [0.25, 0.3) is 0 Å². The van der Waals surface area contributed by atoms with Gasteiger partial charge in [-0.1, -0.05) is 18.2 Å². The Morgan fingerprint density at radius 1 is 1.23 bits per heavy atom. The van der Waals surface area contributed by atoms with Crippen LogP contribution in [0.15, 0.2) is 41.8 Å². The lowest BCUT2D eigenvalue weighted by Gasteiger charge is -2.21. The van der Waals surface area contributed by atoms with Gasteiger partial charge in [-0.15, -0.1) is 11.3 Å². The van der Waals surface area contributed by atoms with Crippen LogP contribution in [-0.2, 0) is 14.4 Å². The van der Waals surface area contributed by atoms with Crippen molar-refractivity contribution < 1.29 is 14.4 Å². The molecule has 2 heterocycles. The lowest BCUT2D eigenvalue weighted by atomic mass is 10.1. The van der Waals surface area contributed by atoms with Gasteiger partial charge in [0.1, 0.15) is 0 Å². The Hall–Kier alpha value is -2.67. The number of benzene rings is 1. The van der Waals surface area contributed by atoms with Crippen molar-refractivity contribution >= 4 is 40.4 Å². The predicted molar refractivity (Wildman–Crippen MR) is 102 cm³/mol. The molecule has 1 unspecified atom stereocenters. The van der Waals surface area contributed by atoms with Gasteiger partial charge in [0.15, 0.2) is 0 Å². The maximum Gasteiger partial charge on any atom is 0.227 e. The molecule has 0 saturated carbocycles. The van der Waals surface area contributed by atoms with Crippen molar-refractivity contribution in [3.63, 3.8) is 0 Å². The van der Waals surface area contributed by atoms with Crippen LogP contribution in [0.5, 0.6) is 0 Å². The Morgan fingerprint density at radius 2 is 2.04 bits per heavy atom. The van der Waals surface area contributed by atoms with Crippen molar-refractivity contribution in [2.24, 2.45) is 0 Å². The van der Waals surface area contributed by atoms with Crippen LogP contribution in [-0.4, -0.2) is 24.3 Å². The maximum absolute atomic E-state index is 12.6. The zero-order valence-corrected chi connectivity index (χ0v) is 15.3. The maximum atomic E-state index is 12.6. The average Bonchev–Trinajstić information content (AvgIpc) is 3.26. The van der Waals surface area contributed by atoms with E-state index in [4.69, 9.17) is 0 Å². The lowest BCUT2D eigenvalue weighted by Crippen LogP contribution is -2.30. The summed E-state index contributed by atoms with van der Waals surface area (Å²) < 4.78 is 0. The first-order valence-corrected chi connectivity index (χ1v) is 9.42. The summed E-state index contributed by atoms with van der Waals surface area (Å²) >= 11 is 1.50. The number of thiophene rings is 1. The van der Waals surface area contributed by atoms with Gasteiger partial charge in [-0.25, -0.2) is 0 Å². The fourth-order valence-electron chi connectivity index (χ4n) is 3.06. The SMILES string of the molecule is CC(=O)NC(CC(=O)Nc1ccccc1N1CCCC1=O)c1cccs1. The molecular formula is C19H21N3O3S. The third kappa shape index (κ3) is 4.29. The largest absolute Gasteiger partial charge is 0.348 e. The van der Waals surface area contributed by atoms with E-state index in [0.717, 1.165) is 17.0 Å². The van der Waals surface area contributed by atoms with Gasteiger partial charge >= 0.3 is 0 Å². The third-order valence-electron chi connectivity index (χ3n) is 4.20. The highest BCUT2D eigenvalue weighted by Gasteiger charge is 2.25. The second-order valence-electron chi connectivity index (χ2n) is 6.19. The van der Waals surface area contributed by atoms with Crippen molar-refractivity contribution in [3.8, 4) is 0 Å². The standard InChI is InChI=1S/C19H21N3O3S/c1-13(23)20-15(17-8-5-11-26-17)12-18(24)21-14-6-2-3-7-16(14)22-10-4-9-19(22)25/h2-3,5-8,11,15H,4,9-10,12H2,1H3,(H,20,23)(H,21,24). The molecule has 0 spiro atoms. The number of rotatable bonds is 6. The van der Waals surface area contributed by atoms with Crippen molar-refractivity contribution in [1.29, 1.82) is 0 Å². The van der Waals surface area contributed by atoms with Crippen molar-refractivity contribution in [2.45, 2.75) is 32.2 Å². The quantitative estimate of drug-likeness (QED) is 0.819. The Kier molecular flexibility index (Phi) is 5.68. The van der Waals surface area contributed by atoms with Gasteiger partial charge in [-0.2, -0.15) is 0 Å². The monoisotopic (exact) mass is 371 g/mol. The van der Waals surface area contributed by atoms with E-state index >= 15 is 0 Å². The molecule has 1 aliphatic rings. The normalized spacial score (nSPS) is 15.0. The molecule has 1 aliphatic heterocycles. The molecule has 3 rings (SSSR count). The molecule has 1 fully saturated rings. The van der Waals surface area contributed by atoms with Crippen LogP contribution in [0.2, 0.25) is 0 Å². The van der Waals surface area contributed by atoms with E-state index in [0.29, 0.717) is 18.7 Å². The summed E-state index contributed by atoms with van der Waals surface area (Å²) in [5.41, 5.74) is 1.33. The van der Waals surface area contributed by atoms with Gasteiger partial charge in [-0.05, 0) is 30.0 Å². The first-order chi connectivity index (χ1) is 12.5. The van der Waals surface area contributed by atoms with Crippen LogP contribution in [0, 0.1) is 0 Å². The van der Waals surface area contributed by atoms with Crippen LogP contribution in [0.25, 0.3) is 0 Å². The molecule has 6 nitrogen and oxygen atoms in total. The van der Waals surface area contributed by atoms with E-state index in [1.165, 1.54) is 18.3 Å². The molecule has 136 valence electrons. The number of carbonyl (C=O) groups excluding carboxylic acids is 3. The molecule has 7 heteroatoms. The van der Waals surface area contributed by atoms with E-state index in [-0.39, 0.29) is 30.2 Å². The second kappa shape index (κ2) is 8.14. The van der Waals surface area contributed by atoms with Crippen LogP contribution >= 0.6 is 11.3 Å². The molecule has 1 aromatic heterocycles. The Bertz CT molecular complexity index is 804. The van der Waals surface area contributed by atoms with Crippen LogP contribution in [0.3, 0.4) is 0 Å². The zero-order chi connectivity index (χ0) is 18.5. The fourth-order valence-corrected chi connectivity index (χ4v) is 3.84. The molecule has 0 aliphatic carbocycles. The minimum atomic E-state index is -0.368. The van der Waals surface area contributed by atoms with Gasteiger partial charge in [-0.3, -0.25) is 14.4 Å². The van der Waals surface area contributed by atoms with E-state index in [1.54, 1.807) is 11.0 Å². The highest BCUT2D eigenvalue weighted by Crippen LogP contribution is 2.30. The minimum absolute atomic E-state index is 0.0707. The van der Waals surface area contributed by atoms with Gasteiger partial charge in [0.05, 0.1) is 23.8 Å². The Morgan fingerprint density at radius 3 is 2.69 bits per heavy atom. The minimum Gasteiger partial charge on any atom is -0.348 e. The number of hydrogen-bond acceptors (Lipinski definition) is 4. The lowest BCUT2D eigenvalue weighted by molar-refractivity contribution is -0.120. The molecule has 2 N–H and O–H groups in total. The number of para-hydroxylation sites is 2. The van der Waals surface area contributed by atoms with E-state index < -0.39 is 0 Å². The van der Waals surface area contributed by atoms with Crippen LogP contribution in [0.1, 0.15) is 37.1 Å². The number of nitrogens with zero attached hydrogens (tertiary/aromatic N) is 1. The summed E-state index contributed by atoms with van der Waals surface area (Å²) in [6.45, 7) is 2.10. The molecule has 1 saturated heterocycles. The molecule has 26 heavy (non-hydrogen) atoms. The molecule has 1 atom stereocenters. The molecule has 0 radical (unpaired) electrons. The first-order valence-electron chi connectivity index (χ1n) is 8.54. The molecule has 2 aromatic rings. The second-order valence-corrected chi connectivity index (χ2v) is 7.17. The van der Waals surface area contributed by atoms with Crippen molar-refractivity contribution in [2.75, 3.05) is 16.8 Å². The summed E-state index contributed by atoms with van der Waals surface area (Å²) in [6, 6.07) is 10.7. The number of nitrogens with one attached hydrogen (secondary N) is 2. The summed E-state index contributed by atoms with van der Waals surface area (Å²) in [5.74, 6) is -0.322. The summed E-state index contributed by atoms with van der Waals surface area (Å²) in [7, 11) is 0. The highest BCUT2D eigenvalue weighted by atomic mass is 32.1. The molecular weight excluding hydrogens is 350 g/mol. The molecule has 0 bridgehead atoms. The predicted octanol–water partition coefficient (Wildman–Crippen LogP) is 3.08. The van der Waals surface area contributed by atoms with Gasteiger partial charge in [0.2, 0.25) is 17.7 Å². The van der Waals surface area contributed by atoms with Crippen LogP contribution < -0.4 is 15.5 Å². The van der Waals surface area contributed by atoms with Gasteiger partial charge in [0, 0.05) is 24.8 Å². The summed E-state index contributed by atoms with van der Waals surface area (Å²) in [4.78, 5) is 38.7. The van der Waals surface area contributed by atoms with Gasteiger partial charge < -0.3 is 15.5 Å². The van der Waals surface area contributed by atoms with E-state index in [9.17, 15) is 14.4 Å². The van der Waals surface area contributed by atoms with E-state index in [1.807, 2.05) is 35.7 Å². The first kappa shape index (κ1) is 18.1. The number of amides is 3. The van der Waals surface area contributed by atoms with Crippen molar-refractivity contribution in [3.05, 3.63) is 46.7 Å². The summed E-state index contributed by atoms with van der Waals surface area (Å²) in [5, 5.41) is 7.63. The number of carbonyl (C=O) groups is 3. The molecule has 1 aromatic carbocycles. The smallest absolute Gasteiger partial charge is 0.227 e. The molecule has 3 amide bonds. The van der Waals surface area contributed by atoms with Crippen molar-refractivity contribution in [1.82, 2.24) is 5.32 Å². The average molecular weight is 371 g/mol. The Balaban J connectivity index is 1.73. The zero-order valence-electron chi connectivity index (χ0n) is 14.5.